The number of nitrogens with zero attached hydrogens (tertiary/aromatic N) is 3. The van der Waals surface area contributed by atoms with E-state index in [-0.39, 0.29) is 32.8 Å². The van der Waals surface area contributed by atoms with Gasteiger partial charge in [0.1, 0.15) is 0 Å². The van der Waals surface area contributed by atoms with Crippen LogP contribution in [0.3, 0.4) is 0 Å². The summed E-state index contributed by atoms with van der Waals surface area (Å²) in [5.74, 6) is -0.773. The lowest BCUT2D eigenvalue weighted by Gasteiger charge is -2.11. The van der Waals surface area contributed by atoms with Crippen molar-refractivity contribution in [1.82, 2.24) is 14.6 Å². The van der Waals surface area contributed by atoms with Gasteiger partial charge >= 0.3 is 6.18 Å². The maximum Gasteiger partial charge on any atom is 0.433 e. The fraction of sp³-hybridized carbons (Fsp3) is 0.0952. The number of hydrogen-bond acceptors (Lipinski definition) is 3. The van der Waals surface area contributed by atoms with Gasteiger partial charge in [-0.3, -0.25) is 4.79 Å². The summed E-state index contributed by atoms with van der Waals surface area (Å²) >= 11 is 12.1. The molecule has 0 aliphatic heterocycles. The van der Waals surface area contributed by atoms with Crippen LogP contribution < -0.4 is 5.32 Å². The Morgan fingerprint density at radius 3 is 2.29 bits per heavy atom. The Kier molecular flexibility index (Phi) is 5.36. The first-order chi connectivity index (χ1) is 14.6. The molecule has 0 unspecified atom stereocenters. The highest BCUT2D eigenvalue weighted by atomic mass is 35.5. The molecule has 0 radical (unpaired) electrons. The van der Waals surface area contributed by atoms with E-state index in [1.54, 1.807) is 30.3 Å². The first-order valence-electron chi connectivity index (χ1n) is 8.94. The lowest BCUT2D eigenvalue weighted by atomic mass is 10.1. The van der Waals surface area contributed by atoms with Crippen molar-refractivity contribution in [3.63, 3.8) is 0 Å². The van der Waals surface area contributed by atoms with Gasteiger partial charge in [0.25, 0.3) is 5.91 Å². The zero-order chi connectivity index (χ0) is 22.3. The molecule has 0 fully saturated rings. The Labute approximate surface area is 184 Å². The molecule has 2 heterocycles. The molecule has 0 aliphatic rings. The second-order valence-electron chi connectivity index (χ2n) is 6.74. The Balaban J connectivity index is 1.80. The number of para-hydroxylation sites is 1. The minimum Gasteiger partial charge on any atom is -0.318 e. The summed E-state index contributed by atoms with van der Waals surface area (Å²) in [5.41, 5.74) is 0.271. The topological polar surface area (TPSA) is 59.3 Å². The SMILES string of the molecule is Cc1ccc(-c2cc(C(F)(F)F)n3nc(C(=O)Nc4c(Cl)cccc4Cl)cc3n2)cc1. The van der Waals surface area contributed by atoms with E-state index in [4.69, 9.17) is 23.2 Å². The summed E-state index contributed by atoms with van der Waals surface area (Å²) in [7, 11) is 0. The third-order valence-corrected chi connectivity index (χ3v) is 5.13. The van der Waals surface area contributed by atoms with Crippen LogP contribution in [-0.4, -0.2) is 20.5 Å². The molecule has 0 saturated heterocycles. The van der Waals surface area contributed by atoms with Crippen LogP contribution >= 0.6 is 23.2 Å². The zero-order valence-electron chi connectivity index (χ0n) is 15.8. The molecule has 2 aromatic heterocycles. The number of hydrogen-bond donors (Lipinski definition) is 1. The molecule has 0 saturated carbocycles. The van der Waals surface area contributed by atoms with Gasteiger partial charge in [-0.1, -0.05) is 59.1 Å². The standard InChI is InChI=1S/C21H13Cl2F3N4O/c1-11-5-7-12(8-6-11)15-9-17(21(24,25)26)30-18(27-15)10-16(29-30)20(31)28-19-13(22)3-2-4-14(19)23/h2-10H,1H3,(H,28,31). The van der Waals surface area contributed by atoms with E-state index >= 15 is 0 Å². The molecule has 31 heavy (non-hydrogen) atoms. The molecule has 0 bridgehead atoms. The lowest BCUT2D eigenvalue weighted by Crippen LogP contribution is -2.16. The van der Waals surface area contributed by atoms with E-state index in [0.717, 1.165) is 11.6 Å². The van der Waals surface area contributed by atoms with Gasteiger partial charge in [-0.05, 0) is 25.1 Å². The maximum atomic E-state index is 13.7. The van der Waals surface area contributed by atoms with Crippen LogP contribution in [0.15, 0.2) is 54.6 Å². The van der Waals surface area contributed by atoms with Crippen LogP contribution in [0.1, 0.15) is 21.7 Å². The van der Waals surface area contributed by atoms with Crippen molar-refractivity contribution in [3.05, 3.63) is 81.6 Å². The largest absolute Gasteiger partial charge is 0.433 e. The number of benzene rings is 2. The van der Waals surface area contributed by atoms with Crippen molar-refractivity contribution in [2.45, 2.75) is 13.1 Å². The van der Waals surface area contributed by atoms with Gasteiger partial charge in [0.2, 0.25) is 0 Å². The Morgan fingerprint density at radius 1 is 1.03 bits per heavy atom. The average Bonchev–Trinajstić information content (AvgIpc) is 3.14. The highest BCUT2D eigenvalue weighted by Gasteiger charge is 2.35. The second kappa shape index (κ2) is 7.86. The summed E-state index contributed by atoms with van der Waals surface area (Å²) in [6, 6.07) is 13.6. The highest BCUT2D eigenvalue weighted by molar-refractivity contribution is 6.40. The van der Waals surface area contributed by atoms with E-state index in [2.05, 4.69) is 15.4 Å². The quantitative estimate of drug-likeness (QED) is 0.387. The van der Waals surface area contributed by atoms with Gasteiger partial charge < -0.3 is 5.32 Å². The number of aryl methyl sites for hydroxylation is 1. The molecule has 0 aliphatic carbocycles. The van der Waals surface area contributed by atoms with Crippen molar-refractivity contribution in [2.75, 3.05) is 5.32 Å². The molecule has 1 N–H and O–H groups in total. The minimum atomic E-state index is -4.72. The molecule has 4 rings (SSSR count). The first-order valence-corrected chi connectivity index (χ1v) is 9.69. The maximum absolute atomic E-state index is 13.7. The van der Waals surface area contributed by atoms with Crippen LogP contribution in [0.5, 0.6) is 0 Å². The predicted molar refractivity (Wildman–Crippen MR) is 113 cm³/mol. The Morgan fingerprint density at radius 2 is 1.68 bits per heavy atom. The predicted octanol–water partition coefficient (Wildman–Crippen LogP) is 6.28. The number of carbonyl (C=O) groups is 1. The van der Waals surface area contributed by atoms with Crippen molar-refractivity contribution >= 4 is 40.4 Å². The lowest BCUT2D eigenvalue weighted by molar-refractivity contribution is -0.142. The van der Waals surface area contributed by atoms with E-state index < -0.39 is 17.8 Å². The van der Waals surface area contributed by atoms with Crippen molar-refractivity contribution in [3.8, 4) is 11.3 Å². The molecule has 4 aromatic rings. The number of rotatable bonds is 3. The fourth-order valence-electron chi connectivity index (χ4n) is 2.95. The molecule has 0 atom stereocenters. The smallest absolute Gasteiger partial charge is 0.318 e. The molecule has 10 heteroatoms. The van der Waals surface area contributed by atoms with Crippen LogP contribution in [0.2, 0.25) is 10.0 Å². The number of nitrogens with one attached hydrogen (secondary N) is 1. The summed E-state index contributed by atoms with van der Waals surface area (Å²) in [6.07, 6.45) is -4.72. The minimum absolute atomic E-state index is 0.112. The van der Waals surface area contributed by atoms with E-state index in [9.17, 15) is 18.0 Å². The second-order valence-corrected chi connectivity index (χ2v) is 7.56. The van der Waals surface area contributed by atoms with Crippen LogP contribution in [-0.2, 0) is 6.18 Å². The van der Waals surface area contributed by atoms with Crippen molar-refractivity contribution in [1.29, 1.82) is 0 Å². The molecular weight excluding hydrogens is 452 g/mol. The monoisotopic (exact) mass is 464 g/mol. The van der Waals surface area contributed by atoms with Crippen LogP contribution in [0.4, 0.5) is 18.9 Å². The number of amides is 1. The number of carbonyl (C=O) groups excluding carboxylic acids is 1. The van der Waals surface area contributed by atoms with Crippen LogP contribution in [0, 0.1) is 6.92 Å². The molecule has 1 amide bonds. The van der Waals surface area contributed by atoms with Crippen molar-refractivity contribution < 1.29 is 18.0 Å². The normalized spacial score (nSPS) is 11.7. The van der Waals surface area contributed by atoms with E-state index in [1.165, 1.54) is 18.2 Å². The van der Waals surface area contributed by atoms with Gasteiger partial charge in [-0.15, -0.1) is 0 Å². The number of halogens is 5. The molecular formula is C21H13Cl2F3N4O. The van der Waals surface area contributed by atoms with Gasteiger partial charge in [0.05, 0.1) is 21.4 Å². The molecule has 5 nitrogen and oxygen atoms in total. The third kappa shape index (κ3) is 4.22. The first kappa shape index (κ1) is 21.1. The number of alkyl halides is 3. The van der Waals surface area contributed by atoms with Gasteiger partial charge in [-0.25, -0.2) is 9.50 Å². The zero-order valence-corrected chi connectivity index (χ0v) is 17.3. The molecule has 158 valence electrons. The van der Waals surface area contributed by atoms with Gasteiger partial charge in [-0.2, -0.15) is 18.3 Å². The Hall–Kier alpha value is -3.10. The third-order valence-electron chi connectivity index (χ3n) is 4.50. The van der Waals surface area contributed by atoms with Crippen molar-refractivity contribution in [2.24, 2.45) is 0 Å². The number of aromatic nitrogens is 3. The van der Waals surface area contributed by atoms with E-state index in [0.29, 0.717) is 10.1 Å². The average molecular weight is 465 g/mol. The highest BCUT2D eigenvalue weighted by Crippen LogP contribution is 2.33. The van der Waals surface area contributed by atoms with Gasteiger partial charge in [0, 0.05) is 11.6 Å². The van der Waals surface area contributed by atoms with E-state index in [1.807, 2.05) is 6.92 Å². The molecule has 0 spiro atoms. The Bertz CT molecular complexity index is 1280. The van der Waals surface area contributed by atoms with Crippen LogP contribution in [0.25, 0.3) is 16.9 Å². The number of anilines is 1. The fourth-order valence-corrected chi connectivity index (χ4v) is 3.45. The summed E-state index contributed by atoms with van der Waals surface area (Å²) < 4.78 is 41.7. The molecule has 2 aromatic carbocycles. The summed E-state index contributed by atoms with van der Waals surface area (Å²) in [5, 5.41) is 6.66. The summed E-state index contributed by atoms with van der Waals surface area (Å²) in [4.78, 5) is 16.9. The van der Waals surface area contributed by atoms with Gasteiger partial charge in [0.15, 0.2) is 17.0 Å². The summed E-state index contributed by atoms with van der Waals surface area (Å²) in [6.45, 7) is 1.87. The number of fused-ring (bicyclic) bond motifs is 1.